The molecule has 194 valence electrons. The molecule has 4 aromatic rings. The van der Waals surface area contributed by atoms with E-state index in [0.717, 1.165) is 59.5 Å². The molecule has 1 atom stereocenters. The molecule has 1 saturated carbocycles. The minimum absolute atomic E-state index is 0.0514. The summed E-state index contributed by atoms with van der Waals surface area (Å²) in [5, 5.41) is 3.93. The van der Waals surface area contributed by atoms with Crippen molar-refractivity contribution < 1.29 is 9.53 Å². The lowest BCUT2D eigenvalue weighted by Crippen LogP contribution is -2.28. The third-order valence-electron chi connectivity index (χ3n) is 7.36. The number of carbonyl (C=O) groups is 1. The molecule has 8 heteroatoms. The molecule has 38 heavy (non-hydrogen) atoms. The van der Waals surface area contributed by atoms with Crippen LogP contribution in [-0.2, 0) is 4.79 Å². The van der Waals surface area contributed by atoms with Crippen molar-refractivity contribution in [1.82, 2.24) is 24.8 Å². The molecule has 1 aliphatic carbocycles. The SMILES string of the molecule is CNC/C=C/C(=O)N1CCC(n2c(C3CC3)c(-c3ccc(Oc4ccccc4)cc3)c3c(N)ncnc32)C1. The fourth-order valence-corrected chi connectivity index (χ4v) is 5.44. The lowest BCUT2D eigenvalue weighted by Gasteiger charge is -2.19. The van der Waals surface area contributed by atoms with Crippen molar-refractivity contribution in [2.24, 2.45) is 0 Å². The van der Waals surface area contributed by atoms with Crippen molar-refractivity contribution in [2.75, 3.05) is 32.4 Å². The maximum atomic E-state index is 12.8. The minimum Gasteiger partial charge on any atom is -0.457 e. The summed E-state index contributed by atoms with van der Waals surface area (Å²) in [6.45, 7) is 2.05. The first kappa shape index (κ1) is 24.2. The fourth-order valence-electron chi connectivity index (χ4n) is 5.44. The van der Waals surface area contributed by atoms with Gasteiger partial charge in [-0.15, -0.1) is 0 Å². The summed E-state index contributed by atoms with van der Waals surface area (Å²) in [6, 6.07) is 18.1. The van der Waals surface area contributed by atoms with Gasteiger partial charge >= 0.3 is 0 Å². The molecular weight excluding hydrogens is 476 g/mol. The lowest BCUT2D eigenvalue weighted by molar-refractivity contribution is -0.125. The normalized spacial score (nSPS) is 17.5. The molecular formula is C30H32N6O2. The minimum atomic E-state index is 0.0514. The molecule has 1 amide bonds. The molecule has 6 rings (SSSR count). The zero-order valence-corrected chi connectivity index (χ0v) is 21.5. The highest BCUT2D eigenvalue weighted by molar-refractivity contribution is 6.03. The molecule has 1 aliphatic heterocycles. The summed E-state index contributed by atoms with van der Waals surface area (Å²) in [5.41, 5.74) is 10.8. The van der Waals surface area contributed by atoms with Crippen LogP contribution in [0.5, 0.6) is 11.5 Å². The monoisotopic (exact) mass is 508 g/mol. The second-order valence-corrected chi connectivity index (χ2v) is 9.99. The number of hydrogen-bond acceptors (Lipinski definition) is 6. The van der Waals surface area contributed by atoms with Gasteiger partial charge in [-0.3, -0.25) is 4.79 Å². The molecule has 3 N–H and O–H groups in total. The molecule has 1 saturated heterocycles. The van der Waals surface area contributed by atoms with Gasteiger partial charge in [0.15, 0.2) is 0 Å². The van der Waals surface area contributed by atoms with Gasteiger partial charge in [0.2, 0.25) is 5.91 Å². The maximum absolute atomic E-state index is 12.8. The van der Waals surface area contributed by atoms with Crippen LogP contribution in [0, 0.1) is 0 Å². The number of nitrogens with zero attached hydrogens (tertiary/aromatic N) is 4. The summed E-state index contributed by atoms with van der Waals surface area (Å²) < 4.78 is 8.39. The Morgan fingerprint density at radius 2 is 1.84 bits per heavy atom. The second-order valence-electron chi connectivity index (χ2n) is 9.99. The summed E-state index contributed by atoms with van der Waals surface area (Å²) in [7, 11) is 1.87. The van der Waals surface area contributed by atoms with E-state index in [9.17, 15) is 4.79 Å². The van der Waals surface area contributed by atoms with Crippen LogP contribution in [0.4, 0.5) is 5.82 Å². The number of hydrogen-bond donors (Lipinski definition) is 2. The average molecular weight is 509 g/mol. The topological polar surface area (TPSA) is 98.3 Å². The van der Waals surface area contributed by atoms with E-state index in [1.165, 1.54) is 5.69 Å². The quantitative estimate of drug-likeness (QED) is 0.329. The Hall–Kier alpha value is -4.17. The molecule has 1 unspecified atom stereocenters. The van der Waals surface area contributed by atoms with Gasteiger partial charge in [0.1, 0.15) is 29.3 Å². The summed E-state index contributed by atoms with van der Waals surface area (Å²) >= 11 is 0. The number of nitrogens with one attached hydrogen (secondary N) is 1. The van der Waals surface area contributed by atoms with Crippen molar-refractivity contribution in [2.45, 2.75) is 31.2 Å². The van der Waals surface area contributed by atoms with Gasteiger partial charge < -0.3 is 25.3 Å². The number of anilines is 1. The van der Waals surface area contributed by atoms with Crippen molar-refractivity contribution >= 4 is 22.8 Å². The van der Waals surface area contributed by atoms with E-state index in [2.05, 4.69) is 27.0 Å². The van der Waals surface area contributed by atoms with Crippen molar-refractivity contribution in [3.63, 3.8) is 0 Å². The highest BCUT2D eigenvalue weighted by atomic mass is 16.5. The van der Waals surface area contributed by atoms with Crippen LogP contribution < -0.4 is 15.8 Å². The largest absolute Gasteiger partial charge is 0.457 e. The number of likely N-dealkylation sites (N-methyl/N-ethyl adjacent to an activating group) is 1. The Bertz CT molecular complexity index is 1470. The van der Waals surface area contributed by atoms with Gasteiger partial charge in [0.05, 0.1) is 11.4 Å². The molecule has 2 aromatic heterocycles. The van der Waals surface area contributed by atoms with Crippen molar-refractivity contribution in [3.05, 3.63) is 78.8 Å². The molecule has 3 heterocycles. The van der Waals surface area contributed by atoms with Gasteiger partial charge in [0, 0.05) is 37.0 Å². The smallest absolute Gasteiger partial charge is 0.246 e. The van der Waals surface area contributed by atoms with Crippen LogP contribution in [0.3, 0.4) is 0 Å². The number of likely N-dealkylation sites (tertiary alicyclic amines) is 1. The molecule has 2 aliphatic rings. The van der Waals surface area contributed by atoms with E-state index in [4.69, 9.17) is 15.5 Å². The standard InChI is InChI=1S/C30H32N6O2/c1-32-16-5-8-25(37)35-17-15-22(18-35)36-28(21-9-10-21)26(27-29(31)33-19-34-30(27)36)20-11-13-24(14-12-20)38-23-6-3-2-4-7-23/h2-8,11-14,19,21-22,32H,9-10,15-18H2,1H3,(H2,31,33,34)/b8-5+. The van der Waals surface area contributed by atoms with Crippen LogP contribution in [0.2, 0.25) is 0 Å². The Labute approximate surface area is 222 Å². The van der Waals surface area contributed by atoms with E-state index in [1.54, 1.807) is 12.4 Å². The van der Waals surface area contributed by atoms with Crippen molar-refractivity contribution in [1.29, 1.82) is 0 Å². The van der Waals surface area contributed by atoms with Gasteiger partial charge in [-0.05, 0) is 62.1 Å². The van der Waals surface area contributed by atoms with Crippen LogP contribution in [0.1, 0.15) is 36.9 Å². The zero-order valence-electron chi connectivity index (χ0n) is 21.5. The molecule has 2 fully saturated rings. The van der Waals surface area contributed by atoms with Crippen LogP contribution >= 0.6 is 0 Å². The van der Waals surface area contributed by atoms with Gasteiger partial charge in [0.25, 0.3) is 0 Å². The van der Waals surface area contributed by atoms with Crippen LogP contribution in [0.15, 0.2) is 73.1 Å². The van der Waals surface area contributed by atoms with E-state index in [0.29, 0.717) is 24.8 Å². The molecule has 0 spiro atoms. The number of para-hydroxylation sites is 1. The zero-order chi connectivity index (χ0) is 26.1. The van der Waals surface area contributed by atoms with Crippen LogP contribution in [0.25, 0.3) is 22.2 Å². The fraction of sp³-hybridized carbons (Fsp3) is 0.300. The summed E-state index contributed by atoms with van der Waals surface area (Å²) in [4.78, 5) is 23.8. The number of nitrogen functional groups attached to an aromatic ring is 1. The first-order chi connectivity index (χ1) is 18.6. The molecule has 0 radical (unpaired) electrons. The molecule has 2 aromatic carbocycles. The number of amides is 1. The summed E-state index contributed by atoms with van der Waals surface area (Å²) in [5.74, 6) is 2.55. The van der Waals surface area contributed by atoms with E-state index >= 15 is 0 Å². The number of carbonyl (C=O) groups excluding carboxylic acids is 1. The van der Waals surface area contributed by atoms with Crippen LogP contribution in [-0.4, -0.2) is 52.0 Å². The predicted molar refractivity (Wildman–Crippen MR) is 149 cm³/mol. The first-order valence-corrected chi connectivity index (χ1v) is 13.2. The highest BCUT2D eigenvalue weighted by Crippen LogP contribution is 2.51. The Kier molecular flexibility index (Phi) is 6.55. The lowest BCUT2D eigenvalue weighted by atomic mass is 10.0. The number of nitrogens with two attached hydrogens (primary N) is 1. The van der Waals surface area contributed by atoms with Gasteiger partial charge in [-0.2, -0.15) is 0 Å². The first-order valence-electron chi connectivity index (χ1n) is 13.2. The predicted octanol–water partition coefficient (Wildman–Crippen LogP) is 4.90. The molecule has 8 nitrogen and oxygen atoms in total. The number of benzene rings is 2. The second kappa shape index (κ2) is 10.3. The van der Waals surface area contributed by atoms with Crippen molar-refractivity contribution in [3.8, 4) is 22.6 Å². The van der Waals surface area contributed by atoms with Gasteiger partial charge in [-0.25, -0.2) is 9.97 Å². The maximum Gasteiger partial charge on any atom is 0.246 e. The Morgan fingerprint density at radius 1 is 1.08 bits per heavy atom. The number of rotatable bonds is 8. The number of ether oxygens (including phenoxy) is 1. The van der Waals surface area contributed by atoms with E-state index < -0.39 is 0 Å². The molecule has 0 bridgehead atoms. The Morgan fingerprint density at radius 3 is 2.58 bits per heavy atom. The van der Waals surface area contributed by atoms with E-state index in [1.807, 2.05) is 60.5 Å². The highest BCUT2D eigenvalue weighted by Gasteiger charge is 2.38. The van der Waals surface area contributed by atoms with E-state index in [-0.39, 0.29) is 11.9 Å². The Balaban J connectivity index is 1.38. The third kappa shape index (κ3) is 4.63. The summed E-state index contributed by atoms with van der Waals surface area (Å²) in [6.07, 6.45) is 8.22. The average Bonchev–Trinajstić information content (AvgIpc) is 3.55. The number of aromatic nitrogens is 3. The van der Waals surface area contributed by atoms with Gasteiger partial charge in [-0.1, -0.05) is 36.4 Å². The third-order valence-corrected chi connectivity index (χ3v) is 7.36. The number of fused-ring (bicyclic) bond motifs is 1.